The number of hydrogen-bond donors (Lipinski definition) is 3. The van der Waals surface area contributed by atoms with E-state index < -0.39 is 0 Å². The Morgan fingerprint density at radius 2 is 1.53 bits per heavy atom. The number of nitrogens with zero attached hydrogens (tertiary/aromatic N) is 2. The third-order valence-corrected chi connectivity index (χ3v) is 5.66. The lowest BCUT2D eigenvalue weighted by Crippen LogP contribution is -2.22. The third-order valence-electron chi connectivity index (χ3n) is 5.66. The van der Waals surface area contributed by atoms with E-state index in [2.05, 4.69) is 26.7 Å². The molecule has 176 valence electrons. The fourth-order valence-corrected chi connectivity index (χ4v) is 3.75. The molecule has 0 fully saturated rings. The summed E-state index contributed by atoms with van der Waals surface area (Å²) in [5.41, 5.74) is 4.56. The number of rotatable bonds is 8. The highest BCUT2D eigenvalue weighted by molar-refractivity contribution is 5.94. The Hall–Kier alpha value is -5.09. The van der Waals surface area contributed by atoms with Crippen LogP contribution < -0.4 is 15.4 Å². The van der Waals surface area contributed by atoms with Crippen LogP contribution in [0, 0.1) is 11.3 Å². The number of fused-ring (bicyclic) bond motifs is 1. The van der Waals surface area contributed by atoms with Crippen LogP contribution in [0.2, 0.25) is 0 Å². The monoisotopic (exact) mass is 473 g/mol. The van der Waals surface area contributed by atoms with Crippen LogP contribution in [0.5, 0.6) is 11.5 Å². The van der Waals surface area contributed by atoms with Gasteiger partial charge in [-0.15, -0.1) is 0 Å². The van der Waals surface area contributed by atoms with Gasteiger partial charge in [0, 0.05) is 18.7 Å². The van der Waals surface area contributed by atoms with E-state index in [4.69, 9.17) is 4.74 Å². The molecule has 0 radical (unpaired) electrons. The number of nitriles is 1. The van der Waals surface area contributed by atoms with Crippen LogP contribution in [-0.2, 0) is 13.1 Å². The number of nitrogens with one attached hydrogen (secondary N) is 3. The summed E-state index contributed by atoms with van der Waals surface area (Å²) in [7, 11) is 0. The second-order valence-corrected chi connectivity index (χ2v) is 8.19. The Morgan fingerprint density at radius 3 is 2.28 bits per heavy atom. The maximum atomic E-state index is 12.6. The van der Waals surface area contributed by atoms with Crippen LogP contribution in [0.15, 0.2) is 97.1 Å². The van der Waals surface area contributed by atoms with Gasteiger partial charge >= 0.3 is 0 Å². The minimum atomic E-state index is -0.138. The van der Waals surface area contributed by atoms with Gasteiger partial charge in [-0.3, -0.25) is 4.79 Å². The van der Waals surface area contributed by atoms with E-state index in [-0.39, 0.29) is 5.91 Å². The second-order valence-electron chi connectivity index (χ2n) is 8.19. The lowest BCUT2D eigenvalue weighted by atomic mass is 10.1. The first-order valence-corrected chi connectivity index (χ1v) is 11.5. The van der Waals surface area contributed by atoms with Gasteiger partial charge in [0.05, 0.1) is 11.1 Å². The topological polar surface area (TPSA) is 103 Å². The van der Waals surface area contributed by atoms with E-state index in [0.717, 1.165) is 28.1 Å². The summed E-state index contributed by atoms with van der Waals surface area (Å²) in [6.07, 6.45) is 0. The number of imidazole rings is 1. The predicted octanol–water partition coefficient (Wildman–Crippen LogP) is 5.77. The number of aromatic amines is 1. The van der Waals surface area contributed by atoms with Crippen molar-refractivity contribution in [3.8, 4) is 17.6 Å². The molecule has 0 aliphatic carbocycles. The zero-order valence-corrected chi connectivity index (χ0v) is 19.4. The SMILES string of the molecule is N#Cc1cccc2[nH]c(NCc3ccc(C(=O)NCc4ccc(Oc5ccccc5)cc4)cc3)nc12. The summed E-state index contributed by atoms with van der Waals surface area (Å²) in [4.78, 5) is 20.2. The maximum absolute atomic E-state index is 12.6. The van der Waals surface area contributed by atoms with E-state index in [0.29, 0.717) is 35.7 Å². The van der Waals surface area contributed by atoms with Crippen LogP contribution in [0.1, 0.15) is 27.0 Å². The molecule has 0 saturated carbocycles. The van der Waals surface area contributed by atoms with Crippen molar-refractivity contribution >= 4 is 22.9 Å². The molecule has 36 heavy (non-hydrogen) atoms. The van der Waals surface area contributed by atoms with Crippen molar-refractivity contribution in [1.29, 1.82) is 5.26 Å². The van der Waals surface area contributed by atoms with Crippen molar-refractivity contribution in [2.75, 3.05) is 5.32 Å². The predicted molar refractivity (Wildman–Crippen MR) is 139 cm³/mol. The number of benzene rings is 4. The van der Waals surface area contributed by atoms with Gasteiger partial charge in [-0.25, -0.2) is 4.98 Å². The average molecular weight is 474 g/mol. The zero-order chi connectivity index (χ0) is 24.7. The van der Waals surface area contributed by atoms with Crippen LogP contribution in [0.3, 0.4) is 0 Å². The molecule has 4 aromatic carbocycles. The maximum Gasteiger partial charge on any atom is 0.251 e. The van der Waals surface area contributed by atoms with E-state index in [1.807, 2.05) is 78.9 Å². The van der Waals surface area contributed by atoms with Gasteiger partial charge in [0.15, 0.2) is 0 Å². The molecule has 5 rings (SSSR count). The Morgan fingerprint density at radius 1 is 0.833 bits per heavy atom. The van der Waals surface area contributed by atoms with Gasteiger partial charge in [-0.05, 0) is 59.7 Å². The van der Waals surface area contributed by atoms with Gasteiger partial charge in [-0.1, -0.05) is 48.5 Å². The fraction of sp³-hybridized carbons (Fsp3) is 0.0690. The Kier molecular flexibility index (Phi) is 6.59. The number of hydrogen-bond acceptors (Lipinski definition) is 5. The average Bonchev–Trinajstić information content (AvgIpc) is 3.35. The standard InChI is InChI=1S/C29H23N5O2/c30-17-23-5-4-8-26-27(23)34-29(33-26)32-19-20-9-13-22(14-10-20)28(35)31-18-21-11-15-25(16-12-21)36-24-6-2-1-3-7-24/h1-16H,18-19H2,(H,31,35)(H2,32,33,34). The molecular weight excluding hydrogens is 450 g/mol. The van der Waals surface area contributed by atoms with Gasteiger partial charge < -0.3 is 20.4 Å². The molecule has 1 amide bonds. The number of para-hydroxylation sites is 2. The lowest BCUT2D eigenvalue weighted by molar-refractivity contribution is 0.0951. The third kappa shape index (κ3) is 5.34. The van der Waals surface area contributed by atoms with Crippen molar-refractivity contribution in [1.82, 2.24) is 15.3 Å². The first-order valence-electron chi connectivity index (χ1n) is 11.5. The molecule has 7 heteroatoms. The minimum absolute atomic E-state index is 0.138. The van der Waals surface area contributed by atoms with Crippen molar-refractivity contribution in [3.05, 3.63) is 119 Å². The number of aromatic nitrogens is 2. The van der Waals surface area contributed by atoms with Crippen molar-refractivity contribution in [2.45, 2.75) is 13.1 Å². The molecule has 1 aromatic heterocycles. The summed E-state index contributed by atoms with van der Waals surface area (Å²) in [5, 5.41) is 15.4. The molecule has 0 bridgehead atoms. The quantitative estimate of drug-likeness (QED) is 0.266. The first-order chi connectivity index (χ1) is 17.7. The number of ether oxygens (including phenoxy) is 1. The molecular formula is C29H23N5O2. The van der Waals surface area contributed by atoms with E-state index >= 15 is 0 Å². The summed E-state index contributed by atoms with van der Waals surface area (Å²) < 4.78 is 5.80. The molecule has 0 spiro atoms. The van der Waals surface area contributed by atoms with Crippen LogP contribution in [-0.4, -0.2) is 15.9 Å². The Balaban J connectivity index is 1.13. The highest BCUT2D eigenvalue weighted by Gasteiger charge is 2.08. The summed E-state index contributed by atoms with van der Waals surface area (Å²) in [5.74, 6) is 1.98. The summed E-state index contributed by atoms with van der Waals surface area (Å²) >= 11 is 0. The normalized spacial score (nSPS) is 10.5. The van der Waals surface area contributed by atoms with E-state index in [1.165, 1.54) is 0 Å². The van der Waals surface area contributed by atoms with Gasteiger partial charge in [0.25, 0.3) is 5.91 Å². The molecule has 7 nitrogen and oxygen atoms in total. The zero-order valence-electron chi connectivity index (χ0n) is 19.4. The molecule has 1 heterocycles. The van der Waals surface area contributed by atoms with E-state index in [1.54, 1.807) is 18.2 Å². The highest BCUT2D eigenvalue weighted by atomic mass is 16.5. The number of carbonyl (C=O) groups excluding carboxylic acids is 1. The molecule has 3 N–H and O–H groups in total. The smallest absolute Gasteiger partial charge is 0.251 e. The molecule has 5 aromatic rings. The van der Waals surface area contributed by atoms with Crippen molar-refractivity contribution in [2.24, 2.45) is 0 Å². The number of carbonyl (C=O) groups is 1. The number of H-pyrrole nitrogens is 1. The minimum Gasteiger partial charge on any atom is -0.457 e. The molecule has 0 saturated heterocycles. The molecule has 0 aliphatic rings. The van der Waals surface area contributed by atoms with Gasteiger partial charge in [0.2, 0.25) is 5.95 Å². The van der Waals surface area contributed by atoms with Gasteiger partial charge in [-0.2, -0.15) is 5.26 Å². The Bertz CT molecular complexity index is 1520. The van der Waals surface area contributed by atoms with Crippen molar-refractivity contribution in [3.63, 3.8) is 0 Å². The summed E-state index contributed by atoms with van der Waals surface area (Å²) in [6.45, 7) is 0.950. The lowest BCUT2D eigenvalue weighted by Gasteiger charge is -2.09. The van der Waals surface area contributed by atoms with Crippen LogP contribution in [0.4, 0.5) is 5.95 Å². The van der Waals surface area contributed by atoms with Crippen molar-refractivity contribution < 1.29 is 9.53 Å². The number of amides is 1. The largest absolute Gasteiger partial charge is 0.457 e. The Labute approximate surface area is 208 Å². The van der Waals surface area contributed by atoms with Gasteiger partial charge in [0.1, 0.15) is 23.1 Å². The summed E-state index contributed by atoms with van der Waals surface area (Å²) in [6, 6.07) is 32.3. The molecule has 0 atom stereocenters. The molecule has 0 aliphatic heterocycles. The second kappa shape index (κ2) is 10.5. The molecule has 0 unspecified atom stereocenters. The van der Waals surface area contributed by atoms with Crippen LogP contribution in [0.25, 0.3) is 11.0 Å². The van der Waals surface area contributed by atoms with E-state index in [9.17, 15) is 10.1 Å². The highest BCUT2D eigenvalue weighted by Crippen LogP contribution is 2.21. The van der Waals surface area contributed by atoms with Crippen LogP contribution >= 0.6 is 0 Å². The first kappa shape index (κ1) is 22.7. The number of anilines is 1. The fourth-order valence-electron chi connectivity index (χ4n) is 3.75.